The van der Waals surface area contributed by atoms with Crippen LogP contribution in [0.3, 0.4) is 0 Å². The highest BCUT2D eigenvalue weighted by Gasteiger charge is 2.22. The normalized spacial score (nSPS) is 21.6. The standard InChI is InChI=1S/C14H21NO3S2/c1-2-14(16)11-5-3-7-13(9-11)20(17,18)15-12-6-4-8-19-10-12/h3,5,7,9,12,14-16H,2,4,6,8,10H2,1H3. The minimum atomic E-state index is -3.50. The van der Waals surface area contributed by atoms with Crippen LogP contribution in [0.25, 0.3) is 0 Å². The first-order valence-electron chi connectivity index (χ1n) is 6.91. The fourth-order valence-electron chi connectivity index (χ4n) is 2.25. The van der Waals surface area contributed by atoms with Gasteiger partial charge in [-0.1, -0.05) is 19.1 Å². The summed E-state index contributed by atoms with van der Waals surface area (Å²) in [4.78, 5) is 0.234. The van der Waals surface area contributed by atoms with Crippen LogP contribution in [0.4, 0.5) is 0 Å². The van der Waals surface area contributed by atoms with Crippen molar-refractivity contribution >= 4 is 21.8 Å². The first-order chi connectivity index (χ1) is 9.53. The molecule has 4 nitrogen and oxygen atoms in total. The van der Waals surface area contributed by atoms with Crippen LogP contribution in [-0.4, -0.2) is 31.1 Å². The zero-order chi connectivity index (χ0) is 14.6. The lowest BCUT2D eigenvalue weighted by atomic mass is 10.1. The highest BCUT2D eigenvalue weighted by atomic mass is 32.2. The number of aliphatic hydroxyl groups excluding tert-OH is 1. The molecule has 1 aromatic rings. The molecule has 2 rings (SSSR count). The second-order valence-corrected chi connectivity index (χ2v) is 7.90. The number of hydrogen-bond donors (Lipinski definition) is 2. The molecule has 0 saturated carbocycles. The van der Waals surface area contributed by atoms with Crippen molar-refractivity contribution in [3.8, 4) is 0 Å². The van der Waals surface area contributed by atoms with Gasteiger partial charge in [-0.15, -0.1) is 0 Å². The largest absolute Gasteiger partial charge is 0.388 e. The van der Waals surface area contributed by atoms with Crippen molar-refractivity contribution in [1.29, 1.82) is 0 Å². The number of sulfonamides is 1. The van der Waals surface area contributed by atoms with Crippen LogP contribution in [-0.2, 0) is 10.0 Å². The van der Waals surface area contributed by atoms with Crippen molar-refractivity contribution in [2.24, 2.45) is 0 Å². The highest BCUT2D eigenvalue weighted by Crippen LogP contribution is 2.22. The Hall–Kier alpha value is -0.560. The summed E-state index contributed by atoms with van der Waals surface area (Å²) in [6.07, 6.45) is 1.89. The predicted octanol–water partition coefficient (Wildman–Crippen LogP) is 2.30. The van der Waals surface area contributed by atoms with Crippen molar-refractivity contribution in [1.82, 2.24) is 4.72 Å². The van der Waals surface area contributed by atoms with Crippen molar-refractivity contribution < 1.29 is 13.5 Å². The number of hydrogen-bond acceptors (Lipinski definition) is 4. The van der Waals surface area contributed by atoms with Crippen LogP contribution in [0.1, 0.15) is 37.9 Å². The van der Waals surface area contributed by atoms with Crippen molar-refractivity contribution in [3.05, 3.63) is 29.8 Å². The Morgan fingerprint density at radius 1 is 1.50 bits per heavy atom. The van der Waals surface area contributed by atoms with Crippen LogP contribution >= 0.6 is 11.8 Å². The molecule has 0 radical (unpaired) electrons. The molecule has 0 spiro atoms. The lowest BCUT2D eigenvalue weighted by molar-refractivity contribution is 0.173. The topological polar surface area (TPSA) is 66.4 Å². The first-order valence-corrected chi connectivity index (χ1v) is 9.55. The zero-order valence-electron chi connectivity index (χ0n) is 11.6. The maximum Gasteiger partial charge on any atom is 0.240 e. The van der Waals surface area contributed by atoms with E-state index in [0.717, 1.165) is 24.3 Å². The van der Waals surface area contributed by atoms with Gasteiger partial charge >= 0.3 is 0 Å². The van der Waals surface area contributed by atoms with Crippen LogP contribution in [0.2, 0.25) is 0 Å². The first kappa shape index (κ1) is 15.8. The van der Waals surface area contributed by atoms with Crippen LogP contribution in [0.15, 0.2) is 29.2 Å². The second kappa shape index (κ2) is 6.93. The van der Waals surface area contributed by atoms with E-state index in [1.54, 1.807) is 36.0 Å². The molecule has 112 valence electrons. The van der Waals surface area contributed by atoms with E-state index >= 15 is 0 Å². The Labute approximate surface area is 125 Å². The third-order valence-electron chi connectivity index (χ3n) is 3.42. The van der Waals surface area contributed by atoms with Crippen molar-refractivity contribution in [3.63, 3.8) is 0 Å². The Morgan fingerprint density at radius 2 is 2.30 bits per heavy atom. The Bertz CT molecular complexity index is 539. The van der Waals surface area contributed by atoms with Crippen LogP contribution in [0, 0.1) is 0 Å². The SMILES string of the molecule is CCC(O)c1cccc(S(=O)(=O)NC2CCCSC2)c1. The summed E-state index contributed by atoms with van der Waals surface area (Å²) in [7, 11) is -3.50. The van der Waals surface area contributed by atoms with Gasteiger partial charge < -0.3 is 5.11 Å². The summed E-state index contributed by atoms with van der Waals surface area (Å²) in [5.41, 5.74) is 0.647. The van der Waals surface area contributed by atoms with E-state index in [4.69, 9.17) is 0 Å². The van der Waals surface area contributed by atoms with Crippen LogP contribution in [0.5, 0.6) is 0 Å². The van der Waals surface area contributed by atoms with Gasteiger partial charge in [-0.2, -0.15) is 11.8 Å². The molecule has 0 aromatic heterocycles. The third kappa shape index (κ3) is 3.97. The van der Waals surface area contributed by atoms with E-state index in [9.17, 15) is 13.5 Å². The summed E-state index contributed by atoms with van der Waals surface area (Å²) >= 11 is 1.78. The van der Waals surface area contributed by atoms with E-state index in [2.05, 4.69) is 4.72 Å². The fourth-order valence-corrected chi connectivity index (χ4v) is 4.75. The van der Waals surface area contributed by atoms with Gasteiger partial charge in [0.05, 0.1) is 11.0 Å². The molecule has 2 N–H and O–H groups in total. The summed E-state index contributed by atoms with van der Waals surface area (Å²) in [5.74, 6) is 1.94. The summed E-state index contributed by atoms with van der Waals surface area (Å²) < 4.78 is 27.5. The molecule has 20 heavy (non-hydrogen) atoms. The molecule has 1 heterocycles. The quantitative estimate of drug-likeness (QED) is 0.875. The summed E-state index contributed by atoms with van der Waals surface area (Å²) in [5, 5.41) is 9.82. The number of thioether (sulfide) groups is 1. The van der Waals surface area contributed by atoms with Gasteiger partial charge in [0.2, 0.25) is 10.0 Å². The molecule has 1 aliphatic rings. The lowest BCUT2D eigenvalue weighted by Crippen LogP contribution is -2.38. The molecule has 2 unspecified atom stereocenters. The Balaban J connectivity index is 2.16. The number of nitrogens with one attached hydrogen (secondary N) is 1. The van der Waals surface area contributed by atoms with Crippen molar-refractivity contribution in [2.45, 2.75) is 43.2 Å². The number of aliphatic hydroxyl groups is 1. The average Bonchev–Trinajstić information content (AvgIpc) is 2.47. The second-order valence-electron chi connectivity index (χ2n) is 5.03. The predicted molar refractivity (Wildman–Crippen MR) is 82.4 cm³/mol. The van der Waals surface area contributed by atoms with Gasteiger partial charge in [0.15, 0.2) is 0 Å². The molecule has 0 aliphatic carbocycles. The monoisotopic (exact) mass is 315 g/mol. The molecule has 6 heteroatoms. The maximum absolute atomic E-state index is 12.4. The van der Waals surface area contributed by atoms with Gasteiger partial charge in [-0.25, -0.2) is 13.1 Å². The Kier molecular flexibility index (Phi) is 5.49. The third-order valence-corrected chi connectivity index (χ3v) is 6.16. The summed E-state index contributed by atoms with van der Waals surface area (Å²) in [6.45, 7) is 1.86. The van der Waals surface area contributed by atoms with E-state index < -0.39 is 16.1 Å². The maximum atomic E-state index is 12.4. The molecule has 1 aliphatic heterocycles. The van der Waals surface area contributed by atoms with Gasteiger partial charge in [0.25, 0.3) is 0 Å². The van der Waals surface area contributed by atoms with E-state index in [-0.39, 0.29) is 10.9 Å². The van der Waals surface area contributed by atoms with Crippen molar-refractivity contribution in [2.75, 3.05) is 11.5 Å². The average molecular weight is 315 g/mol. The fraction of sp³-hybridized carbons (Fsp3) is 0.571. The van der Waals surface area contributed by atoms with E-state index in [0.29, 0.717) is 12.0 Å². The number of benzene rings is 1. The minimum Gasteiger partial charge on any atom is -0.388 e. The minimum absolute atomic E-state index is 0.0125. The molecule has 1 aromatic carbocycles. The molecule has 1 saturated heterocycles. The molecular weight excluding hydrogens is 294 g/mol. The zero-order valence-corrected chi connectivity index (χ0v) is 13.2. The molecular formula is C14H21NO3S2. The number of rotatable bonds is 5. The molecule has 0 bridgehead atoms. The highest BCUT2D eigenvalue weighted by molar-refractivity contribution is 7.99. The molecule has 0 amide bonds. The van der Waals surface area contributed by atoms with Gasteiger partial charge in [-0.05, 0) is 42.7 Å². The van der Waals surface area contributed by atoms with Gasteiger partial charge in [-0.3, -0.25) is 0 Å². The van der Waals surface area contributed by atoms with E-state index in [1.807, 2.05) is 6.92 Å². The Morgan fingerprint density at radius 3 is 2.95 bits per heavy atom. The van der Waals surface area contributed by atoms with E-state index in [1.165, 1.54) is 0 Å². The van der Waals surface area contributed by atoms with Gasteiger partial charge in [0, 0.05) is 11.8 Å². The van der Waals surface area contributed by atoms with Crippen LogP contribution < -0.4 is 4.72 Å². The molecule has 1 fully saturated rings. The summed E-state index contributed by atoms with van der Waals surface area (Å²) in [6, 6.07) is 6.58. The smallest absolute Gasteiger partial charge is 0.240 e. The van der Waals surface area contributed by atoms with Gasteiger partial charge in [0.1, 0.15) is 0 Å². The molecule has 2 atom stereocenters. The lowest BCUT2D eigenvalue weighted by Gasteiger charge is -2.22.